The maximum atomic E-state index is 11.9. The second-order valence-electron chi connectivity index (χ2n) is 5.78. The number of nitrogens with one attached hydrogen (secondary N) is 2. The Morgan fingerprint density at radius 1 is 1.21 bits per heavy atom. The van der Waals surface area contributed by atoms with Gasteiger partial charge in [-0.1, -0.05) is 19.8 Å². The standard InChI is InChI=1S/C15H31N3O/c1-4-8-13(2)17-15(19)14(3)16-9-12-18-10-6-5-7-11-18/h13-14,16H,4-12H2,1-3H3,(H,17,19). The first-order valence-electron chi connectivity index (χ1n) is 7.89. The van der Waals surface area contributed by atoms with Crippen molar-refractivity contribution in [2.75, 3.05) is 26.2 Å². The Kier molecular flexibility index (Phi) is 8.07. The quantitative estimate of drug-likeness (QED) is 0.706. The summed E-state index contributed by atoms with van der Waals surface area (Å²) in [5.41, 5.74) is 0. The first-order valence-corrected chi connectivity index (χ1v) is 7.89. The number of nitrogens with zero attached hydrogens (tertiary/aromatic N) is 1. The van der Waals surface area contributed by atoms with E-state index in [4.69, 9.17) is 0 Å². The first kappa shape index (κ1) is 16.4. The fourth-order valence-electron chi connectivity index (χ4n) is 2.59. The third-order valence-corrected chi connectivity index (χ3v) is 3.83. The van der Waals surface area contributed by atoms with Crippen molar-refractivity contribution in [2.45, 2.75) is 65.0 Å². The van der Waals surface area contributed by atoms with Gasteiger partial charge in [0.05, 0.1) is 6.04 Å². The van der Waals surface area contributed by atoms with E-state index in [-0.39, 0.29) is 18.0 Å². The molecule has 0 bridgehead atoms. The van der Waals surface area contributed by atoms with E-state index in [9.17, 15) is 4.79 Å². The smallest absolute Gasteiger partial charge is 0.237 e. The highest BCUT2D eigenvalue weighted by atomic mass is 16.2. The minimum Gasteiger partial charge on any atom is -0.352 e. The Hall–Kier alpha value is -0.610. The van der Waals surface area contributed by atoms with Crippen LogP contribution in [0.5, 0.6) is 0 Å². The monoisotopic (exact) mass is 269 g/mol. The van der Waals surface area contributed by atoms with E-state index < -0.39 is 0 Å². The largest absolute Gasteiger partial charge is 0.352 e. The maximum Gasteiger partial charge on any atom is 0.237 e. The van der Waals surface area contributed by atoms with Crippen molar-refractivity contribution < 1.29 is 4.79 Å². The number of amides is 1. The van der Waals surface area contributed by atoms with Crippen LogP contribution in [0.25, 0.3) is 0 Å². The summed E-state index contributed by atoms with van der Waals surface area (Å²) in [4.78, 5) is 14.4. The fraction of sp³-hybridized carbons (Fsp3) is 0.933. The van der Waals surface area contributed by atoms with Gasteiger partial charge in [0.1, 0.15) is 0 Å². The topological polar surface area (TPSA) is 44.4 Å². The van der Waals surface area contributed by atoms with Crippen LogP contribution in [0.3, 0.4) is 0 Å². The number of hydrogen-bond donors (Lipinski definition) is 2. The molecule has 1 fully saturated rings. The molecule has 4 heteroatoms. The van der Waals surface area contributed by atoms with Gasteiger partial charge in [-0.15, -0.1) is 0 Å². The molecule has 1 saturated heterocycles. The summed E-state index contributed by atoms with van der Waals surface area (Å²) < 4.78 is 0. The molecule has 1 aliphatic rings. The zero-order valence-electron chi connectivity index (χ0n) is 12.9. The maximum absolute atomic E-state index is 11.9. The number of rotatable bonds is 8. The number of carbonyl (C=O) groups is 1. The van der Waals surface area contributed by atoms with Crippen LogP contribution in [0, 0.1) is 0 Å². The summed E-state index contributed by atoms with van der Waals surface area (Å²) in [6.45, 7) is 10.6. The van der Waals surface area contributed by atoms with Crippen LogP contribution >= 0.6 is 0 Å². The van der Waals surface area contributed by atoms with E-state index in [2.05, 4.69) is 29.4 Å². The van der Waals surface area contributed by atoms with Gasteiger partial charge in [-0.3, -0.25) is 4.79 Å². The van der Waals surface area contributed by atoms with E-state index in [1.807, 2.05) is 6.92 Å². The molecule has 2 atom stereocenters. The lowest BCUT2D eigenvalue weighted by atomic mass is 10.1. The Balaban J connectivity index is 2.11. The van der Waals surface area contributed by atoms with E-state index in [0.29, 0.717) is 0 Å². The van der Waals surface area contributed by atoms with Gasteiger partial charge in [0.25, 0.3) is 0 Å². The molecule has 0 saturated carbocycles. The molecule has 0 aromatic heterocycles. The highest BCUT2D eigenvalue weighted by Gasteiger charge is 2.15. The molecule has 112 valence electrons. The Morgan fingerprint density at radius 3 is 2.53 bits per heavy atom. The number of piperidine rings is 1. The number of hydrogen-bond acceptors (Lipinski definition) is 3. The van der Waals surface area contributed by atoms with Crippen molar-refractivity contribution in [1.29, 1.82) is 0 Å². The van der Waals surface area contributed by atoms with Crippen LogP contribution in [0.2, 0.25) is 0 Å². The summed E-state index contributed by atoms with van der Waals surface area (Å²) in [5, 5.41) is 6.38. The Labute approximate surface area is 118 Å². The third-order valence-electron chi connectivity index (χ3n) is 3.83. The van der Waals surface area contributed by atoms with Gasteiger partial charge in [-0.2, -0.15) is 0 Å². The predicted molar refractivity (Wildman–Crippen MR) is 80.3 cm³/mol. The molecule has 4 nitrogen and oxygen atoms in total. The van der Waals surface area contributed by atoms with Gasteiger partial charge in [0.2, 0.25) is 5.91 Å². The van der Waals surface area contributed by atoms with Gasteiger partial charge < -0.3 is 15.5 Å². The molecule has 2 unspecified atom stereocenters. The summed E-state index contributed by atoms with van der Waals surface area (Å²) in [5.74, 6) is 0.125. The molecule has 0 aliphatic carbocycles. The minimum atomic E-state index is -0.0934. The van der Waals surface area contributed by atoms with Crippen LogP contribution in [0.4, 0.5) is 0 Å². The molecule has 0 spiro atoms. The average Bonchev–Trinajstić information content (AvgIpc) is 2.40. The van der Waals surface area contributed by atoms with Crippen molar-refractivity contribution in [1.82, 2.24) is 15.5 Å². The van der Waals surface area contributed by atoms with Crippen LogP contribution in [-0.4, -0.2) is 49.1 Å². The number of carbonyl (C=O) groups excluding carboxylic acids is 1. The fourth-order valence-corrected chi connectivity index (χ4v) is 2.59. The lowest BCUT2D eigenvalue weighted by Gasteiger charge is -2.27. The van der Waals surface area contributed by atoms with E-state index in [1.54, 1.807) is 0 Å². The molecule has 1 rings (SSSR count). The van der Waals surface area contributed by atoms with Crippen LogP contribution in [0.15, 0.2) is 0 Å². The van der Waals surface area contributed by atoms with Crippen molar-refractivity contribution in [3.8, 4) is 0 Å². The molecular formula is C15H31N3O. The van der Waals surface area contributed by atoms with Gasteiger partial charge in [0.15, 0.2) is 0 Å². The molecule has 19 heavy (non-hydrogen) atoms. The van der Waals surface area contributed by atoms with Crippen molar-refractivity contribution >= 4 is 5.91 Å². The lowest BCUT2D eigenvalue weighted by molar-refractivity contribution is -0.123. The molecule has 1 aliphatic heterocycles. The van der Waals surface area contributed by atoms with Gasteiger partial charge in [0, 0.05) is 19.1 Å². The van der Waals surface area contributed by atoms with Gasteiger partial charge >= 0.3 is 0 Å². The highest BCUT2D eigenvalue weighted by molar-refractivity contribution is 5.81. The summed E-state index contributed by atoms with van der Waals surface area (Å²) >= 11 is 0. The lowest BCUT2D eigenvalue weighted by Crippen LogP contribution is -2.47. The van der Waals surface area contributed by atoms with E-state index in [0.717, 1.165) is 25.9 Å². The van der Waals surface area contributed by atoms with Gasteiger partial charge in [-0.05, 0) is 46.2 Å². The first-order chi connectivity index (χ1) is 9.13. The Bertz CT molecular complexity index is 252. The average molecular weight is 269 g/mol. The predicted octanol–water partition coefficient (Wildman–Crippen LogP) is 1.76. The van der Waals surface area contributed by atoms with Crippen molar-refractivity contribution in [2.24, 2.45) is 0 Å². The molecular weight excluding hydrogens is 238 g/mol. The van der Waals surface area contributed by atoms with Gasteiger partial charge in [-0.25, -0.2) is 0 Å². The molecule has 0 aromatic rings. The summed E-state index contributed by atoms with van der Waals surface area (Å²) in [7, 11) is 0. The zero-order valence-corrected chi connectivity index (χ0v) is 12.9. The molecule has 0 radical (unpaired) electrons. The third kappa shape index (κ3) is 6.92. The minimum absolute atomic E-state index is 0.0934. The highest BCUT2D eigenvalue weighted by Crippen LogP contribution is 2.07. The Morgan fingerprint density at radius 2 is 1.89 bits per heavy atom. The SMILES string of the molecule is CCCC(C)NC(=O)C(C)NCCN1CCCCC1. The zero-order chi connectivity index (χ0) is 14.1. The van der Waals surface area contributed by atoms with Crippen LogP contribution in [-0.2, 0) is 4.79 Å². The summed E-state index contributed by atoms with van der Waals surface area (Å²) in [6.07, 6.45) is 6.18. The number of likely N-dealkylation sites (tertiary alicyclic amines) is 1. The van der Waals surface area contributed by atoms with E-state index >= 15 is 0 Å². The van der Waals surface area contributed by atoms with Crippen molar-refractivity contribution in [3.05, 3.63) is 0 Å². The second-order valence-corrected chi connectivity index (χ2v) is 5.78. The van der Waals surface area contributed by atoms with E-state index in [1.165, 1.54) is 32.4 Å². The van der Waals surface area contributed by atoms with Crippen LogP contribution < -0.4 is 10.6 Å². The van der Waals surface area contributed by atoms with Crippen molar-refractivity contribution in [3.63, 3.8) is 0 Å². The molecule has 2 N–H and O–H groups in total. The second kappa shape index (κ2) is 9.32. The molecule has 1 heterocycles. The van der Waals surface area contributed by atoms with Crippen LogP contribution in [0.1, 0.15) is 52.9 Å². The molecule has 0 aromatic carbocycles. The molecule has 1 amide bonds. The summed E-state index contributed by atoms with van der Waals surface area (Å²) in [6, 6.07) is 0.188. The normalized spacial score (nSPS) is 19.9.